The number of carbonyl (C=O) groups is 1. The molecule has 0 spiro atoms. The van der Waals surface area contributed by atoms with Gasteiger partial charge in [-0.2, -0.15) is 13.2 Å². The maximum Gasteiger partial charge on any atom is 0.426 e. The predicted octanol–water partition coefficient (Wildman–Crippen LogP) is 2.36. The highest BCUT2D eigenvalue weighted by atomic mass is 31.2. The Morgan fingerprint density at radius 3 is 2.18 bits per heavy atom. The van der Waals surface area contributed by atoms with Crippen molar-refractivity contribution in [1.82, 2.24) is 0 Å². The minimum Gasteiger partial charge on any atom is -0.464 e. The Morgan fingerprint density at radius 2 is 1.82 bits per heavy atom. The van der Waals surface area contributed by atoms with E-state index >= 15 is 0 Å². The van der Waals surface area contributed by atoms with Crippen molar-refractivity contribution >= 4 is 13.6 Å². The van der Waals surface area contributed by atoms with Crippen molar-refractivity contribution in [2.45, 2.75) is 26.1 Å². The first kappa shape index (κ1) is 16.4. The molecule has 0 unspecified atom stereocenters. The molecule has 17 heavy (non-hydrogen) atoms. The summed E-state index contributed by atoms with van der Waals surface area (Å²) < 4.78 is 61.7. The molecule has 0 aliphatic carbocycles. The van der Waals surface area contributed by atoms with Crippen molar-refractivity contribution in [3.8, 4) is 0 Å². The Hall–Kier alpha value is -0.590. The summed E-state index contributed by atoms with van der Waals surface area (Å²) in [7, 11) is -3.94. The highest BCUT2D eigenvalue weighted by Crippen LogP contribution is 2.47. The molecule has 102 valence electrons. The summed E-state index contributed by atoms with van der Waals surface area (Å²) in [5.41, 5.74) is 0. The van der Waals surface area contributed by atoms with Crippen LogP contribution in [0, 0.1) is 0 Å². The Balaban J connectivity index is 4.84. The van der Waals surface area contributed by atoms with Crippen LogP contribution in [0.1, 0.15) is 13.8 Å². The summed E-state index contributed by atoms with van der Waals surface area (Å²) in [6, 6.07) is 0. The fraction of sp³-hybridized carbons (Fsp3) is 0.875. The van der Waals surface area contributed by atoms with E-state index in [1.54, 1.807) is 0 Å². The van der Waals surface area contributed by atoms with Crippen LogP contribution >= 0.6 is 7.60 Å². The molecule has 0 amide bonds. The van der Waals surface area contributed by atoms with Gasteiger partial charge < -0.3 is 9.26 Å². The Labute approximate surface area is 96.8 Å². The summed E-state index contributed by atoms with van der Waals surface area (Å²) in [6.07, 6.45) is -7.90. The molecule has 0 aliphatic rings. The van der Waals surface area contributed by atoms with Crippen molar-refractivity contribution in [2.24, 2.45) is 0 Å². The van der Waals surface area contributed by atoms with Crippen LogP contribution in [-0.2, 0) is 23.1 Å². The van der Waals surface area contributed by atoms with Gasteiger partial charge in [-0.1, -0.05) is 0 Å². The highest BCUT2D eigenvalue weighted by Gasteiger charge is 2.50. The van der Waals surface area contributed by atoms with Gasteiger partial charge in [0.1, 0.15) is 0 Å². The topological polar surface area (TPSA) is 61.8 Å². The third-order valence-electron chi connectivity index (χ3n) is 1.46. The second-order valence-electron chi connectivity index (χ2n) is 2.97. The minimum atomic E-state index is -5.00. The molecule has 0 radical (unpaired) electrons. The van der Waals surface area contributed by atoms with E-state index in [0.29, 0.717) is 0 Å². The summed E-state index contributed by atoms with van der Waals surface area (Å²) >= 11 is 0. The van der Waals surface area contributed by atoms with Gasteiger partial charge >= 0.3 is 19.7 Å². The highest BCUT2D eigenvalue weighted by molar-refractivity contribution is 7.53. The molecular weight excluding hydrogens is 264 g/mol. The number of hydrogen-bond acceptors (Lipinski definition) is 5. The molecule has 0 N–H and O–H groups in total. The van der Waals surface area contributed by atoms with Crippen LogP contribution in [0.5, 0.6) is 0 Å². The molecule has 0 bridgehead atoms. The Bertz CT molecular complexity index is 304. The first-order chi connectivity index (χ1) is 7.64. The van der Waals surface area contributed by atoms with E-state index in [4.69, 9.17) is 0 Å². The van der Waals surface area contributed by atoms with Gasteiger partial charge in [0.05, 0.1) is 13.2 Å². The van der Waals surface area contributed by atoms with Gasteiger partial charge in [0.25, 0.3) is 6.10 Å². The molecule has 0 aromatic rings. The van der Waals surface area contributed by atoms with Crippen molar-refractivity contribution in [3.05, 3.63) is 0 Å². The van der Waals surface area contributed by atoms with E-state index in [-0.39, 0.29) is 13.2 Å². The summed E-state index contributed by atoms with van der Waals surface area (Å²) in [6.45, 7) is 3.30. The van der Waals surface area contributed by atoms with Crippen molar-refractivity contribution in [1.29, 1.82) is 0 Å². The smallest absolute Gasteiger partial charge is 0.426 e. The molecular formula is C8H14F3O5P. The average Bonchev–Trinajstić information content (AvgIpc) is 2.12. The predicted molar refractivity (Wildman–Crippen MR) is 52.7 cm³/mol. The number of alkyl halides is 3. The van der Waals surface area contributed by atoms with E-state index in [1.165, 1.54) is 13.8 Å². The average molecular weight is 278 g/mol. The van der Waals surface area contributed by atoms with Gasteiger partial charge in [-0.3, -0.25) is 9.09 Å². The van der Waals surface area contributed by atoms with Crippen molar-refractivity contribution < 1.29 is 36.3 Å². The molecule has 2 atom stereocenters. The molecule has 5 nitrogen and oxygen atoms in total. The Kier molecular flexibility index (Phi) is 6.15. The van der Waals surface area contributed by atoms with E-state index in [1.807, 2.05) is 0 Å². The summed E-state index contributed by atoms with van der Waals surface area (Å²) in [5, 5.41) is 0. The van der Waals surface area contributed by atoms with Gasteiger partial charge in [0.2, 0.25) is 0 Å². The number of hydrogen-bond donors (Lipinski definition) is 0. The lowest BCUT2D eigenvalue weighted by molar-refractivity contribution is -0.212. The number of ether oxygens (including phenoxy) is 1. The quantitative estimate of drug-likeness (QED) is 0.551. The zero-order valence-corrected chi connectivity index (χ0v) is 10.5. The molecule has 0 aromatic carbocycles. The molecule has 0 saturated heterocycles. The van der Waals surface area contributed by atoms with Gasteiger partial charge in [-0.15, -0.1) is 0 Å². The van der Waals surface area contributed by atoms with Crippen LogP contribution in [0.4, 0.5) is 13.2 Å². The SMILES string of the molecule is CCOC(=O)[C@@H](O[P@](C)(=O)OCC)C(F)(F)F. The second-order valence-corrected chi connectivity index (χ2v) is 4.98. The number of carbonyl (C=O) groups excluding carboxylic acids is 1. The minimum absolute atomic E-state index is 0.0961. The summed E-state index contributed by atoms with van der Waals surface area (Å²) in [4.78, 5) is 11.0. The molecule has 0 fully saturated rings. The van der Waals surface area contributed by atoms with Crippen LogP contribution < -0.4 is 0 Å². The molecule has 9 heteroatoms. The molecule has 0 rings (SSSR count). The standard InChI is InChI=1S/C8H14F3O5P/c1-4-14-7(12)6(8(9,10)11)16-17(3,13)15-5-2/h6H,4-5H2,1-3H3/t6-,17-/m1/s1. The maximum absolute atomic E-state index is 12.5. The van der Waals surface area contributed by atoms with Gasteiger partial charge in [-0.05, 0) is 13.8 Å². The van der Waals surface area contributed by atoms with E-state index in [9.17, 15) is 22.5 Å². The molecule has 0 saturated carbocycles. The number of rotatable bonds is 6. The second kappa shape index (κ2) is 6.37. The lowest BCUT2D eigenvalue weighted by atomic mass is 10.3. The zero-order chi connectivity index (χ0) is 13.7. The first-order valence-corrected chi connectivity index (χ1v) is 6.76. The van der Waals surface area contributed by atoms with E-state index in [0.717, 1.165) is 6.66 Å². The van der Waals surface area contributed by atoms with Gasteiger partial charge in [0, 0.05) is 6.66 Å². The zero-order valence-electron chi connectivity index (χ0n) is 9.61. The lowest BCUT2D eigenvalue weighted by Gasteiger charge is -2.22. The largest absolute Gasteiger partial charge is 0.464 e. The number of halogens is 3. The van der Waals surface area contributed by atoms with Crippen molar-refractivity contribution in [3.63, 3.8) is 0 Å². The van der Waals surface area contributed by atoms with Crippen LogP contribution in [0.25, 0.3) is 0 Å². The fourth-order valence-corrected chi connectivity index (χ4v) is 2.03. The normalized spacial score (nSPS) is 17.3. The van der Waals surface area contributed by atoms with Crippen LogP contribution in [0.2, 0.25) is 0 Å². The number of esters is 1. The van der Waals surface area contributed by atoms with E-state index in [2.05, 4.69) is 13.8 Å². The monoisotopic (exact) mass is 278 g/mol. The van der Waals surface area contributed by atoms with Crippen LogP contribution in [-0.4, -0.2) is 38.1 Å². The third-order valence-corrected chi connectivity index (χ3v) is 2.78. The van der Waals surface area contributed by atoms with Gasteiger partial charge in [-0.25, -0.2) is 4.79 Å². The first-order valence-electron chi connectivity index (χ1n) is 4.77. The fourth-order valence-electron chi connectivity index (χ4n) is 0.911. The molecule has 0 aromatic heterocycles. The van der Waals surface area contributed by atoms with E-state index < -0.39 is 25.8 Å². The van der Waals surface area contributed by atoms with Crippen molar-refractivity contribution in [2.75, 3.05) is 19.9 Å². The lowest BCUT2D eigenvalue weighted by Crippen LogP contribution is -2.39. The third kappa shape index (κ3) is 6.05. The van der Waals surface area contributed by atoms with Crippen LogP contribution in [0.15, 0.2) is 0 Å². The molecule has 0 heterocycles. The maximum atomic E-state index is 12.5. The summed E-state index contributed by atoms with van der Waals surface area (Å²) in [5.74, 6) is -1.64. The van der Waals surface area contributed by atoms with Gasteiger partial charge in [0.15, 0.2) is 0 Å². The van der Waals surface area contributed by atoms with Crippen LogP contribution in [0.3, 0.4) is 0 Å². The molecule has 0 aliphatic heterocycles. The Morgan fingerprint density at radius 1 is 1.29 bits per heavy atom.